The van der Waals surface area contributed by atoms with Crippen molar-refractivity contribution in [2.45, 2.75) is 38.6 Å². The number of hydrogen-bond donors (Lipinski definition) is 1. The number of nitrogen functional groups attached to an aromatic ring is 1. The topological polar surface area (TPSA) is 47.7 Å². The molecule has 1 aromatic rings. The highest BCUT2D eigenvalue weighted by atomic mass is 16.6. The number of unbranched alkanes of at least 4 members (excludes halogenated alkanes) is 1. The average molecular weight is 262 g/mol. The Morgan fingerprint density at radius 2 is 1.89 bits per heavy atom. The van der Waals surface area contributed by atoms with E-state index in [1.54, 1.807) is 0 Å². The molecule has 19 heavy (non-hydrogen) atoms. The van der Waals surface area contributed by atoms with Crippen LogP contribution in [0, 0.1) is 0 Å². The standard InChI is InChI=1S/C15H22N2O2/c1-2-3-6-17(11-4-5-11)13-10-15-14(9-12(13)16)18-7-8-19-15/h9-11H,2-8,16H2,1H3. The van der Waals surface area contributed by atoms with Crippen molar-refractivity contribution < 1.29 is 9.47 Å². The van der Waals surface area contributed by atoms with Crippen molar-refractivity contribution in [2.24, 2.45) is 0 Å². The summed E-state index contributed by atoms with van der Waals surface area (Å²) in [5, 5.41) is 0. The lowest BCUT2D eigenvalue weighted by atomic mass is 10.2. The smallest absolute Gasteiger partial charge is 0.163 e. The van der Waals surface area contributed by atoms with E-state index in [-0.39, 0.29) is 0 Å². The number of nitrogens with two attached hydrogens (primary N) is 1. The van der Waals surface area contributed by atoms with Crippen molar-refractivity contribution in [1.82, 2.24) is 0 Å². The van der Waals surface area contributed by atoms with Gasteiger partial charge in [0.1, 0.15) is 13.2 Å². The number of fused-ring (bicyclic) bond motifs is 1. The van der Waals surface area contributed by atoms with Gasteiger partial charge in [0.05, 0.1) is 11.4 Å². The molecule has 1 aliphatic carbocycles. The highest BCUT2D eigenvalue weighted by molar-refractivity contribution is 5.74. The Balaban J connectivity index is 1.88. The first kappa shape index (κ1) is 12.5. The van der Waals surface area contributed by atoms with Crippen LogP contribution in [0.3, 0.4) is 0 Å². The zero-order chi connectivity index (χ0) is 13.2. The fourth-order valence-corrected chi connectivity index (χ4v) is 2.56. The van der Waals surface area contributed by atoms with E-state index >= 15 is 0 Å². The van der Waals surface area contributed by atoms with Gasteiger partial charge in [0.2, 0.25) is 0 Å². The summed E-state index contributed by atoms with van der Waals surface area (Å²) in [7, 11) is 0. The zero-order valence-corrected chi connectivity index (χ0v) is 11.5. The van der Waals surface area contributed by atoms with E-state index in [4.69, 9.17) is 15.2 Å². The van der Waals surface area contributed by atoms with Gasteiger partial charge in [-0.3, -0.25) is 0 Å². The molecular formula is C15H22N2O2. The van der Waals surface area contributed by atoms with E-state index < -0.39 is 0 Å². The number of nitrogens with zero attached hydrogens (tertiary/aromatic N) is 1. The second-order valence-electron chi connectivity index (χ2n) is 5.33. The first-order chi connectivity index (χ1) is 9.29. The molecule has 1 aliphatic heterocycles. The molecule has 1 fully saturated rings. The van der Waals surface area contributed by atoms with E-state index in [1.807, 2.05) is 6.07 Å². The number of ether oxygens (including phenoxy) is 2. The number of hydrogen-bond acceptors (Lipinski definition) is 4. The summed E-state index contributed by atoms with van der Waals surface area (Å²) in [6, 6.07) is 4.62. The van der Waals surface area contributed by atoms with Gasteiger partial charge in [0, 0.05) is 24.7 Å². The molecule has 2 aliphatic rings. The number of benzene rings is 1. The molecule has 2 N–H and O–H groups in total. The average Bonchev–Trinajstić information content (AvgIpc) is 3.24. The molecule has 0 amide bonds. The van der Waals surface area contributed by atoms with Crippen LogP contribution in [-0.2, 0) is 0 Å². The summed E-state index contributed by atoms with van der Waals surface area (Å²) in [6.45, 7) is 4.52. The van der Waals surface area contributed by atoms with Gasteiger partial charge < -0.3 is 20.1 Å². The third-order valence-electron chi connectivity index (χ3n) is 3.74. The third-order valence-corrected chi connectivity index (χ3v) is 3.74. The Kier molecular flexibility index (Phi) is 3.40. The molecule has 4 heteroatoms. The van der Waals surface area contributed by atoms with E-state index in [1.165, 1.54) is 25.7 Å². The minimum atomic E-state index is 0.605. The van der Waals surface area contributed by atoms with Gasteiger partial charge in [0.25, 0.3) is 0 Å². The lowest BCUT2D eigenvalue weighted by Crippen LogP contribution is -2.28. The molecule has 0 radical (unpaired) electrons. The van der Waals surface area contributed by atoms with Crippen LogP contribution in [0.4, 0.5) is 11.4 Å². The van der Waals surface area contributed by atoms with Gasteiger partial charge in [0.15, 0.2) is 11.5 Å². The number of rotatable bonds is 5. The minimum absolute atomic E-state index is 0.605. The Labute approximate surface area is 114 Å². The summed E-state index contributed by atoms with van der Waals surface area (Å²) in [4.78, 5) is 2.44. The zero-order valence-electron chi connectivity index (χ0n) is 11.5. The van der Waals surface area contributed by atoms with Crippen LogP contribution in [0.1, 0.15) is 32.6 Å². The molecule has 0 bridgehead atoms. The van der Waals surface area contributed by atoms with Crippen LogP contribution in [-0.4, -0.2) is 25.8 Å². The van der Waals surface area contributed by atoms with Gasteiger partial charge in [-0.1, -0.05) is 13.3 Å². The highest BCUT2D eigenvalue weighted by Gasteiger charge is 2.30. The molecule has 0 unspecified atom stereocenters. The molecule has 1 heterocycles. The minimum Gasteiger partial charge on any atom is -0.486 e. The quantitative estimate of drug-likeness (QED) is 0.829. The molecule has 0 saturated heterocycles. The third kappa shape index (κ3) is 2.57. The van der Waals surface area contributed by atoms with Crippen LogP contribution >= 0.6 is 0 Å². The van der Waals surface area contributed by atoms with Gasteiger partial charge in [-0.2, -0.15) is 0 Å². The van der Waals surface area contributed by atoms with Gasteiger partial charge in [-0.05, 0) is 19.3 Å². The van der Waals surface area contributed by atoms with Crippen LogP contribution in [0.2, 0.25) is 0 Å². The maximum atomic E-state index is 6.21. The maximum Gasteiger partial charge on any atom is 0.163 e. The van der Waals surface area contributed by atoms with E-state index in [0.717, 1.165) is 29.4 Å². The summed E-state index contributed by atoms with van der Waals surface area (Å²) < 4.78 is 11.2. The Bertz CT molecular complexity index is 458. The normalized spacial score (nSPS) is 17.3. The van der Waals surface area contributed by atoms with Crippen molar-refractivity contribution in [2.75, 3.05) is 30.4 Å². The molecule has 104 valence electrons. The molecule has 0 spiro atoms. The SMILES string of the molecule is CCCCN(c1cc2c(cc1N)OCCO2)C1CC1. The first-order valence-electron chi connectivity index (χ1n) is 7.25. The molecule has 0 aromatic heterocycles. The molecule has 1 aromatic carbocycles. The molecule has 3 rings (SSSR count). The summed E-state index contributed by atoms with van der Waals surface area (Å²) in [6.07, 6.45) is 4.95. The second kappa shape index (κ2) is 5.19. The molecule has 0 atom stereocenters. The van der Waals surface area contributed by atoms with Crippen molar-refractivity contribution in [3.63, 3.8) is 0 Å². The van der Waals surface area contributed by atoms with Crippen LogP contribution < -0.4 is 20.1 Å². The monoisotopic (exact) mass is 262 g/mol. The fourth-order valence-electron chi connectivity index (χ4n) is 2.56. The van der Waals surface area contributed by atoms with Crippen molar-refractivity contribution in [1.29, 1.82) is 0 Å². The lowest BCUT2D eigenvalue weighted by molar-refractivity contribution is 0.172. The van der Waals surface area contributed by atoms with Gasteiger partial charge >= 0.3 is 0 Å². The molecule has 1 saturated carbocycles. The van der Waals surface area contributed by atoms with Crippen molar-refractivity contribution in [3.8, 4) is 11.5 Å². The highest BCUT2D eigenvalue weighted by Crippen LogP contribution is 2.42. The Hall–Kier alpha value is -1.58. The van der Waals surface area contributed by atoms with Gasteiger partial charge in [-0.15, -0.1) is 0 Å². The Morgan fingerprint density at radius 1 is 1.21 bits per heavy atom. The predicted molar refractivity (Wildman–Crippen MR) is 77.1 cm³/mol. The Morgan fingerprint density at radius 3 is 2.53 bits per heavy atom. The first-order valence-corrected chi connectivity index (χ1v) is 7.25. The fraction of sp³-hybridized carbons (Fsp3) is 0.600. The maximum absolute atomic E-state index is 6.21. The van der Waals surface area contributed by atoms with Crippen LogP contribution in [0.25, 0.3) is 0 Å². The lowest BCUT2D eigenvalue weighted by Gasteiger charge is -2.28. The van der Waals surface area contributed by atoms with E-state index in [0.29, 0.717) is 19.3 Å². The predicted octanol–water partition coefficient (Wildman–Crippen LogP) is 2.81. The van der Waals surface area contributed by atoms with Crippen molar-refractivity contribution in [3.05, 3.63) is 12.1 Å². The van der Waals surface area contributed by atoms with Crippen LogP contribution in [0.15, 0.2) is 12.1 Å². The summed E-state index contributed by atoms with van der Waals surface area (Å²) in [5.41, 5.74) is 8.12. The summed E-state index contributed by atoms with van der Waals surface area (Å²) >= 11 is 0. The molecule has 4 nitrogen and oxygen atoms in total. The van der Waals surface area contributed by atoms with E-state index in [9.17, 15) is 0 Å². The second-order valence-corrected chi connectivity index (χ2v) is 5.33. The summed E-state index contributed by atoms with van der Waals surface area (Å²) in [5.74, 6) is 1.61. The van der Waals surface area contributed by atoms with Gasteiger partial charge in [-0.25, -0.2) is 0 Å². The number of anilines is 2. The van der Waals surface area contributed by atoms with Crippen LogP contribution in [0.5, 0.6) is 11.5 Å². The molecular weight excluding hydrogens is 240 g/mol. The van der Waals surface area contributed by atoms with E-state index in [2.05, 4.69) is 17.9 Å². The largest absolute Gasteiger partial charge is 0.486 e. The van der Waals surface area contributed by atoms with Crippen molar-refractivity contribution >= 4 is 11.4 Å².